The fraction of sp³-hybridized carbons (Fsp3) is 0.125. The Balaban J connectivity index is 2.17. The molecule has 0 unspecified atom stereocenters. The van der Waals surface area contributed by atoms with Crippen LogP contribution >= 0.6 is 15.9 Å². The van der Waals surface area contributed by atoms with Crippen LogP contribution in [0, 0.1) is 11.3 Å². The summed E-state index contributed by atoms with van der Waals surface area (Å²) in [6.07, 6.45) is 0. The third-order valence-corrected chi connectivity index (χ3v) is 3.45. The lowest BCUT2D eigenvalue weighted by Gasteiger charge is -2.18. The fourth-order valence-corrected chi connectivity index (χ4v) is 2.55. The van der Waals surface area contributed by atoms with Crippen LogP contribution in [0.4, 0.5) is 5.69 Å². The molecule has 0 fully saturated rings. The average molecular weight is 344 g/mol. The molecule has 0 aliphatic rings. The van der Waals surface area contributed by atoms with Gasteiger partial charge in [0.15, 0.2) is 0 Å². The number of halogens is 1. The Labute approximate surface area is 131 Å². The Kier molecular flexibility index (Phi) is 4.61. The van der Waals surface area contributed by atoms with Crippen molar-refractivity contribution in [2.75, 3.05) is 12.8 Å². The number of hydrogen-bond acceptors (Lipinski definition) is 3. The van der Waals surface area contributed by atoms with E-state index in [1.807, 2.05) is 12.1 Å². The van der Waals surface area contributed by atoms with E-state index in [1.54, 1.807) is 42.3 Å². The first kappa shape index (κ1) is 15.1. The monoisotopic (exact) mass is 343 g/mol. The first-order valence-corrected chi connectivity index (χ1v) is 7.09. The molecule has 0 saturated carbocycles. The highest BCUT2D eigenvalue weighted by molar-refractivity contribution is 9.10. The zero-order valence-corrected chi connectivity index (χ0v) is 13.1. The van der Waals surface area contributed by atoms with Gasteiger partial charge >= 0.3 is 0 Å². The van der Waals surface area contributed by atoms with Gasteiger partial charge in [0, 0.05) is 29.3 Å². The number of nitriles is 1. The van der Waals surface area contributed by atoms with E-state index in [9.17, 15) is 4.79 Å². The molecule has 0 aliphatic carbocycles. The van der Waals surface area contributed by atoms with Crippen LogP contribution in [0.3, 0.4) is 0 Å². The molecule has 2 aromatic rings. The summed E-state index contributed by atoms with van der Waals surface area (Å²) in [5.74, 6) is -0.120. The summed E-state index contributed by atoms with van der Waals surface area (Å²) in [6.45, 7) is 0.431. The highest BCUT2D eigenvalue weighted by Crippen LogP contribution is 2.19. The van der Waals surface area contributed by atoms with E-state index in [1.165, 1.54) is 0 Å². The Bertz CT molecular complexity index is 701. The molecule has 0 radical (unpaired) electrons. The van der Waals surface area contributed by atoms with Gasteiger partial charge < -0.3 is 10.6 Å². The van der Waals surface area contributed by atoms with Crippen LogP contribution in [-0.4, -0.2) is 17.9 Å². The summed E-state index contributed by atoms with van der Waals surface area (Å²) < 4.78 is 0.769. The van der Waals surface area contributed by atoms with Crippen molar-refractivity contribution in [2.24, 2.45) is 0 Å². The number of amides is 1. The number of carbonyl (C=O) groups excluding carboxylic acids is 1. The maximum atomic E-state index is 12.4. The van der Waals surface area contributed by atoms with Crippen LogP contribution < -0.4 is 5.73 Å². The lowest BCUT2D eigenvalue weighted by atomic mass is 10.1. The van der Waals surface area contributed by atoms with E-state index in [2.05, 4.69) is 22.0 Å². The van der Waals surface area contributed by atoms with Crippen molar-refractivity contribution in [3.63, 3.8) is 0 Å². The maximum absolute atomic E-state index is 12.4. The fourth-order valence-electron chi connectivity index (χ4n) is 2.04. The summed E-state index contributed by atoms with van der Waals surface area (Å²) in [5, 5.41) is 8.89. The average Bonchev–Trinajstić information content (AvgIpc) is 2.45. The molecule has 0 saturated heterocycles. The smallest absolute Gasteiger partial charge is 0.254 e. The van der Waals surface area contributed by atoms with Gasteiger partial charge in [0.2, 0.25) is 0 Å². The van der Waals surface area contributed by atoms with Crippen molar-refractivity contribution in [1.82, 2.24) is 4.90 Å². The third-order valence-electron chi connectivity index (χ3n) is 2.99. The molecule has 21 heavy (non-hydrogen) atoms. The molecule has 0 bridgehead atoms. The zero-order valence-electron chi connectivity index (χ0n) is 11.5. The Hall–Kier alpha value is -2.32. The third kappa shape index (κ3) is 3.83. The van der Waals surface area contributed by atoms with E-state index in [-0.39, 0.29) is 5.91 Å². The Morgan fingerprint density at radius 2 is 2.10 bits per heavy atom. The number of nitrogens with zero attached hydrogens (tertiary/aromatic N) is 2. The van der Waals surface area contributed by atoms with Crippen LogP contribution in [0.15, 0.2) is 46.9 Å². The number of nitrogens with two attached hydrogens (primary N) is 1. The molecular formula is C16H14BrN3O. The predicted octanol–water partition coefficient (Wildman–Crippen LogP) is 3.18. The molecule has 5 heteroatoms. The molecule has 1 amide bonds. The molecule has 0 spiro atoms. The van der Waals surface area contributed by atoms with Gasteiger partial charge in [0.25, 0.3) is 5.91 Å². The minimum absolute atomic E-state index is 0.120. The normalized spacial score (nSPS) is 9.95. The van der Waals surface area contributed by atoms with Crippen molar-refractivity contribution in [3.05, 3.63) is 63.6 Å². The van der Waals surface area contributed by atoms with Crippen LogP contribution in [0.5, 0.6) is 0 Å². The van der Waals surface area contributed by atoms with E-state index in [0.717, 1.165) is 10.0 Å². The van der Waals surface area contributed by atoms with E-state index in [4.69, 9.17) is 11.0 Å². The second kappa shape index (κ2) is 6.42. The number of carbonyl (C=O) groups is 1. The zero-order chi connectivity index (χ0) is 15.4. The van der Waals surface area contributed by atoms with Crippen LogP contribution in [0.25, 0.3) is 0 Å². The second-order valence-corrected chi connectivity index (χ2v) is 5.66. The number of hydrogen-bond donors (Lipinski definition) is 1. The minimum atomic E-state index is -0.120. The molecule has 0 aliphatic heterocycles. The summed E-state index contributed by atoms with van der Waals surface area (Å²) in [4.78, 5) is 14.0. The highest BCUT2D eigenvalue weighted by Gasteiger charge is 2.13. The molecule has 4 nitrogen and oxygen atoms in total. The number of rotatable bonds is 3. The van der Waals surface area contributed by atoms with E-state index in [0.29, 0.717) is 23.4 Å². The SMILES string of the molecule is CN(Cc1cccc(C#N)c1)C(=O)c1cc(N)cc(Br)c1. The topological polar surface area (TPSA) is 70.1 Å². The molecule has 106 valence electrons. The molecule has 0 atom stereocenters. The number of benzene rings is 2. The number of anilines is 1. The highest BCUT2D eigenvalue weighted by atomic mass is 79.9. The van der Waals surface area contributed by atoms with Crippen molar-refractivity contribution in [1.29, 1.82) is 5.26 Å². The van der Waals surface area contributed by atoms with Gasteiger partial charge in [-0.3, -0.25) is 4.79 Å². The van der Waals surface area contributed by atoms with E-state index >= 15 is 0 Å². The Morgan fingerprint density at radius 3 is 2.76 bits per heavy atom. The van der Waals surface area contributed by atoms with Gasteiger partial charge in [0.05, 0.1) is 11.6 Å². The predicted molar refractivity (Wildman–Crippen MR) is 85.5 cm³/mol. The molecule has 2 aromatic carbocycles. The van der Waals surface area contributed by atoms with Crippen molar-refractivity contribution >= 4 is 27.5 Å². The first-order chi connectivity index (χ1) is 9.99. The van der Waals surface area contributed by atoms with Gasteiger partial charge in [-0.25, -0.2) is 0 Å². The Morgan fingerprint density at radius 1 is 1.33 bits per heavy atom. The first-order valence-electron chi connectivity index (χ1n) is 6.30. The van der Waals surface area contributed by atoms with Crippen LogP contribution in [-0.2, 0) is 6.54 Å². The van der Waals surface area contributed by atoms with Gasteiger partial charge in [0.1, 0.15) is 0 Å². The lowest BCUT2D eigenvalue weighted by Crippen LogP contribution is -2.26. The molecule has 0 aromatic heterocycles. The van der Waals surface area contributed by atoms with Gasteiger partial charge in [-0.1, -0.05) is 28.1 Å². The lowest BCUT2D eigenvalue weighted by molar-refractivity contribution is 0.0785. The van der Waals surface area contributed by atoms with E-state index < -0.39 is 0 Å². The molecule has 2 N–H and O–H groups in total. The van der Waals surface area contributed by atoms with Crippen molar-refractivity contribution in [3.8, 4) is 6.07 Å². The minimum Gasteiger partial charge on any atom is -0.399 e. The van der Waals surface area contributed by atoms with Gasteiger partial charge in [-0.2, -0.15) is 5.26 Å². The maximum Gasteiger partial charge on any atom is 0.254 e. The van der Waals surface area contributed by atoms with Crippen LogP contribution in [0.2, 0.25) is 0 Å². The van der Waals surface area contributed by atoms with Crippen molar-refractivity contribution < 1.29 is 4.79 Å². The second-order valence-electron chi connectivity index (χ2n) is 4.75. The molecule has 0 heterocycles. The molecule has 2 rings (SSSR count). The van der Waals surface area contributed by atoms with Crippen LogP contribution in [0.1, 0.15) is 21.5 Å². The standard InChI is InChI=1S/C16H14BrN3O/c1-20(10-12-4-2-3-11(5-12)9-18)16(21)13-6-14(17)8-15(19)7-13/h2-8H,10,19H2,1H3. The van der Waals surface area contributed by atoms with Gasteiger partial charge in [-0.05, 0) is 35.9 Å². The largest absolute Gasteiger partial charge is 0.399 e. The summed E-state index contributed by atoms with van der Waals surface area (Å²) in [5.41, 5.74) is 8.31. The van der Waals surface area contributed by atoms with Crippen molar-refractivity contribution in [2.45, 2.75) is 6.54 Å². The summed E-state index contributed by atoms with van der Waals surface area (Å²) in [7, 11) is 1.72. The van der Waals surface area contributed by atoms with Gasteiger partial charge in [-0.15, -0.1) is 0 Å². The summed E-state index contributed by atoms with van der Waals surface area (Å²) in [6, 6.07) is 14.4. The summed E-state index contributed by atoms with van der Waals surface area (Å²) >= 11 is 3.33. The quantitative estimate of drug-likeness (QED) is 0.870. The number of nitrogen functional groups attached to an aromatic ring is 1. The molecular weight excluding hydrogens is 330 g/mol.